The van der Waals surface area contributed by atoms with E-state index in [1.165, 1.54) is 6.92 Å². The van der Waals surface area contributed by atoms with Crippen molar-refractivity contribution in [1.82, 2.24) is 19.8 Å². The highest BCUT2D eigenvalue weighted by molar-refractivity contribution is 7.92. The summed E-state index contributed by atoms with van der Waals surface area (Å²) in [6, 6.07) is 16.1. The summed E-state index contributed by atoms with van der Waals surface area (Å²) in [5, 5.41) is 8.21. The van der Waals surface area contributed by atoms with Gasteiger partial charge < -0.3 is 9.26 Å². The van der Waals surface area contributed by atoms with Crippen molar-refractivity contribution in [3.63, 3.8) is 0 Å². The molecule has 0 aliphatic carbocycles. The van der Waals surface area contributed by atoms with E-state index in [1.807, 2.05) is 38.1 Å². The van der Waals surface area contributed by atoms with E-state index in [0.29, 0.717) is 40.5 Å². The quantitative estimate of drug-likeness (QED) is 0.236. The number of amides is 1. The molecule has 0 fully saturated rings. The van der Waals surface area contributed by atoms with Gasteiger partial charge in [-0.1, -0.05) is 41.6 Å². The van der Waals surface area contributed by atoms with Gasteiger partial charge in [0.15, 0.2) is 11.5 Å². The first-order valence-corrected chi connectivity index (χ1v) is 14.9. The molecule has 3 heterocycles. The smallest absolute Gasteiger partial charge is 0.263 e. The summed E-state index contributed by atoms with van der Waals surface area (Å²) < 4.78 is 42.2. The maximum absolute atomic E-state index is 13.6. The fourth-order valence-electron chi connectivity index (χ4n) is 4.71. The summed E-state index contributed by atoms with van der Waals surface area (Å²) in [6.45, 7) is 9.72. The lowest BCUT2D eigenvalue weighted by atomic mass is 9.97. The van der Waals surface area contributed by atoms with Crippen molar-refractivity contribution in [2.75, 3.05) is 16.2 Å². The van der Waals surface area contributed by atoms with Gasteiger partial charge in [0, 0.05) is 42.5 Å². The Morgan fingerprint density at radius 1 is 1.07 bits per heavy atom. The van der Waals surface area contributed by atoms with E-state index in [1.54, 1.807) is 59.8 Å². The second-order valence-electron chi connectivity index (χ2n) is 9.90. The van der Waals surface area contributed by atoms with Crippen LogP contribution in [0.15, 0.2) is 70.2 Å². The number of nitrogens with zero attached hydrogens (tertiary/aromatic N) is 5. The Hall–Kier alpha value is -4.55. The Labute approximate surface area is 244 Å². The number of aromatic nitrogens is 4. The van der Waals surface area contributed by atoms with Crippen molar-refractivity contribution in [3.8, 4) is 11.1 Å². The first-order valence-electron chi connectivity index (χ1n) is 13.4. The standard InChI is InChI=1S/C30H32N6O5S/c1-6-40-18-24-16-23(17-35(22(5)37)29-15-19(2)32-28-13-14-31-36(28)29)11-12-25(24)26-9-7-8-10-27(26)42(38,39)34-30-20(3)21(4)41-33-30/h7-16H,6,17-18H2,1-5H3,(H,33,34). The van der Waals surface area contributed by atoms with Crippen LogP contribution in [0.25, 0.3) is 16.8 Å². The molecule has 11 nitrogen and oxygen atoms in total. The van der Waals surface area contributed by atoms with Crippen molar-refractivity contribution in [1.29, 1.82) is 0 Å². The van der Waals surface area contributed by atoms with E-state index in [4.69, 9.17) is 9.26 Å². The fourth-order valence-corrected chi connectivity index (χ4v) is 5.99. The molecule has 12 heteroatoms. The number of rotatable bonds is 10. The van der Waals surface area contributed by atoms with Crippen LogP contribution in [0.3, 0.4) is 0 Å². The van der Waals surface area contributed by atoms with E-state index < -0.39 is 10.0 Å². The van der Waals surface area contributed by atoms with Gasteiger partial charge in [0.25, 0.3) is 10.0 Å². The third kappa shape index (κ3) is 5.76. The molecule has 1 N–H and O–H groups in total. The molecule has 1 amide bonds. The molecule has 0 unspecified atom stereocenters. The van der Waals surface area contributed by atoms with Crippen LogP contribution in [0, 0.1) is 20.8 Å². The molecule has 0 bridgehead atoms. The minimum absolute atomic E-state index is 0.0919. The van der Waals surface area contributed by atoms with Crippen LogP contribution in [-0.2, 0) is 32.7 Å². The van der Waals surface area contributed by atoms with Crippen LogP contribution in [0.4, 0.5) is 11.6 Å². The van der Waals surface area contributed by atoms with Crippen LogP contribution >= 0.6 is 0 Å². The van der Waals surface area contributed by atoms with Gasteiger partial charge in [-0.05, 0) is 50.5 Å². The summed E-state index contributed by atoms with van der Waals surface area (Å²) in [7, 11) is -4.02. The van der Waals surface area contributed by atoms with E-state index in [0.717, 1.165) is 16.8 Å². The van der Waals surface area contributed by atoms with Gasteiger partial charge in [-0.15, -0.1) is 0 Å². The molecule has 0 atom stereocenters. The lowest BCUT2D eigenvalue weighted by molar-refractivity contribution is -0.116. The van der Waals surface area contributed by atoms with Gasteiger partial charge in [0.2, 0.25) is 5.91 Å². The number of ether oxygens (including phenoxy) is 1. The Morgan fingerprint density at radius 2 is 1.86 bits per heavy atom. The molecule has 0 aliphatic heterocycles. The van der Waals surface area contributed by atoms with E-state index in [2.05, 4.69) is 20.0 Å². The average molecular weight is 589 g/mol. The van der Waals surface area contributed by atoms with Crippen molar-refractivity contribution in [2.24, 2.45) is 0 Å². The predicted octanol–water partition coefficient (Wildman–Crippen LogP) is 5.20. The minimum Gasteiger partial charge on any atom is -0.377 e. The number of benzene rings is 2. The van der Waals surface area contributed by atoms with E-state index in [-0.39, 0.29) is 29.8 Å². The predicted molar refractivity (Wildman–Crippen MR) is 159 cm³/mol. The number of fused-ring (bicyclic) bond motifs is 1. The highest BCUT2D eigenvalue weighted by Gasteiger charge is 2.24. The summed E-state index contributed by atoms with van der Waals surface area (Å²) >= 11 is 0. The lowest BCUT2D eigenvalue weighted by Gasteiger charge is -2.23. The molecule has 3 aromatic heterocycles. The molecule has 0 saturated carbocycles. The second kappa shape index (κ2) is 11.7. The molecular formula is C30H32N6O5S. The maximum Gasteiger partial charge on any atom is 0.263 e. The zero-order valence-electron chi connectivity index (χ0n) is 24.1. The number of sulfonamides is 1. The molecule has 0 saturated heterocycles. The van der Waals surface area contributed by atoms with Crippen LogP contribution < -0.4 is 9.62 Å². The first kappa shape index (κ1) is 29.0. The van der Waals surface area contributed by atoms with E-state index >= 15 is 0 Å². The first-order chi connectivity index (χ1) is 20.1. The normalized spacial score (nSPS) is 11.6. The van der Waals surface area contributed by atoms with Crippen molar-refractivity contribution < 1.29 is 22.5 Å². The SMILES string of the molecule is CCOCc1cc(CN(C(C)=O)c2cc(C)nc3ccnn23)ccc1-c1ccccc1S(=O)(=O)Nc1noc(C)c1C. The fraction of sp³-hybridized carbons (Fsp3) is 0.267. The van der Waals surface area contributed by atoms with Crippen LogP contribution in [-0.4, -0.2) is 40.7 Å². The Kier molecular flexibility index (Phi) is 8.10. The minimum atomic E-state index is -4.02. The molecule has 5 aromatic rings. The number of hydrogen-bond donors (Lipinski definition) is 1. The molecule has 0 spiro atoms. The van der Waals surface area contributed by atoms with Crippen molar-refractivity contribution in [2.45, 2.75) is 52.7 Å². The highest BCUT2D eigenvalue weighted by atomic mass is 32.2. The van der Waals surface area contributed by atoms with Gasteiger partial charge in [-0.2, -0.15) is 9.61 Å². The van der Waals surface area contributed by atoms with Crippen molar-refractivity contribution >= 4 is 33.2 Å². The Morgan fingerprint density at radius 3 is 2.57 bits per heavy atom. The summed E-state index contributed by atoms with van der Waals surface area (Å²) in [4.78, 5) is 19.1. The van der Waals surface area contributed by atoms with Gasteiger partial charge in [0.05, 0.1) is 24.2 Å². The van der Waals surface area contributed by atoms with Crippen LogP contribution in [0.5, 0.6) is 0 Å². The summed E-state index contributed by atoms with van der Waals surface area (Å²) in [6.07, 6.45) is 1.64. The van der Waals surface area contributed by atoms with E-state index in [9.17, 15) is 13.2 Å². The molecule has 0 aliphatic rings. The highest BCUT2D eigenvalue weighted by Crippen LogP contribution is 2.33. The monoisotopic (exact) mass is 588 g/mol. The Bertz CT molecular complexity index is 1880. The third-order valence-electron chi connectivity index (χ3n) is 6.95. The number of aryl methyl sites for hydroxylation is 2. The topological polar surface area (TPSA) is 132 Å². The summed E-state index contributed by atoms with van der Waals surface area (Å²) in [5.74, 6) is 1.12. The third-order valence-corrected chi connectivity index (χ3v) is 8.35. The number of carbonyl (C=O) groups excluding carboxylic acids is 1. The molecular weight excluding hydrogens is 556 g/mol. The number of carbonyl (C=O) groups is 1. The van der Waals surface area contributed by atoms with Crippen LogP contribution in [0.2, 0.25) is 0 Å². The van der Waals surface area contributed by atoms with Gasteiger partial charge in [0.1, 0.15) is 11.6 Å². The van der Waals surface area contributed by atoms with Crippen LogP contribution in [0.1, 0.15) is 42.0 Å². The largest absolute Gasteiger partial charge is 0.377 e. The van der Waals surface area contributed by atoms with Gasteiger partial charge in [-0.25, -0.2) is 13.4 Å². The Balaban J connectivity index is 1.55. The summed E-state index contributed by atoms with van der Waals surface area (Å²) in [5.41, 5.74) is 4.85. The zero-order valence-corrected chi connectivity index (χ0v) is 24.9. The number of nitrogens with one attached hydrogen (secondary N) is 1. The molecule has 2 aromatic carbocycles. The number of anilines is 2. The zero-order chi connectivity index (χ0) is 30.0. The lowest BCUT2D eigenvalue weighted by Crippen LogP contribution is -2.30. The average Bonchev–Trinajstić information content (AvgIpc) is 3.56. The molecule has 5 rings (SSSR count). The van der Waals surface area contributed by atoms with Crippen molar-refractivity contribution in [3.05, 3.63) is 88.9 Å². The maximum atomic E-state index is 13.6. The number of hydrogen-bond acceptors (Lipinski definition) is 8. The van der Waals surface area contributed by atoms with Gasteiger partial charge in [-0.3, -0.25) is 14.4 Å². The molecule has 0 radical (unpaired) electrons. The van der Waals surface area contributed by atoms with Gasteiger partial charge >= 0.3 is 0 Å². The molecule has 42 heavy (non-hydrogen) atoms. The molecule has 218 valence electrons. The second-order valence-corrected chi connectivity index (χ2v) is 11.6.